The van der Waals surface area contributed by atoms with Crippen molar-refractivity contribution in [1.29, 1.82) is 0 Å². The van der Waals surface area contributed by atoms with Crippen LogP contribution in [0.5, 0.6) is 0 Å². The van der Waals surface area contributed by atoms with Gasteiger partial charge in [0.15, 0.2) is 0 Å². The number of nitrogens with one attached hydrogen (secondary N) is 1. The molecular formula is C12H20FN5. The standard InChI is InChI=1S/C12H20FN5/c1-14-7-10-6-9(13)8-18(10)11-4-5-15-12(16-11)17(2)3/h4-5,9-10,14H,6-8H2,1-3H3/t9-,10-/m1/s1. The average molecular weight is 253 g/mol. The molecule has 1 aromatic heterocycles. The molecule has 1 aliphatic rings. The molecule has 0 aliphatic carbocycles. The number of likely N-dealkylation sites (N-methyl/N-ethyl adjacent to an activating group) is 1. The van der Waals surface area contributed by atoms with Crippen LogP contribution in [0, 0.1) is 0 Å². The number of halogens is 1. The van der Waals surface area contributed by atoms with Crippen molar-refractivity contribution < 1.29 is 4.39 Å². The van der Waals surface area contributed by atoms with Crippen molar-refractivity contribution in [2.75, 3.05) is 44.0 Å². The number of hydrogen-bond donors (Lipinski definition) is 1. The molecule has 0 unspecified atom stereocenters. The lowest BCUT2D eigenvalue weighted by atomic mass is 10.2. The number of anilines is 2. The monoisotopic (exact) mass is 253 g/mol. The maximum absolute atomic E-state index is 13.6. The van der Waals surface area contributed by atoms with Crippen molar-refractivity contribution in [3.63, 3.8) is 0 Å². The van der Waals surface area contributed by atoms with E-state index in [1.807, 2.05) is 37.0 Å². The van der Waals surface area contributed by atoms with Crippen molar-refractivity contribution in [2.24, 2.45) is 0 Å². The van der Waals surface area contributed by atoms with E-state index in [-0.39, 0.29) is 6.04 Å². The molecule has 100 valence electrons. The summed E-state index contributed by atoms with van der Waals surface area (Å²) in [5.74, 6) is 1.45. The van der Waals surface area contributed by atoms with Crippen LogP contribution in [-0.2, 0) is 0 Å². The number of aromatic nitrogens is 2. The Kier molecular flexibility index (Phi) is 3.96. The summed E-state index contributed by atoms with van der Waals surface area (Å²) in [6, 6.07) is 2.00. The van der Waals surface area contributed by atoms with Gasteiger partial charge in [0.1, 0.15) is 12.0 Å². The predicted octanol–water partition coefficient (Wildman–Crippen LogP) is 0.679. The van der Waals surface area contributed by atoms with Crippen LogP contribution >= 0.6 is 0 Å². The largest absolute Gasteiger partial charge is 0.349 e. The highest BCUT2D eigenvalue weighted by Crippen LogP contribution is 2.26. The number of hydrogen-bond acceptors (Lipinski definition) is 5. The number of rotatable bonds is 4. The van der Waals surface area contributed by atoms with Gasteiger partial charge in [0.2, 0.25) is 5.95 Å². The summed E-state index contributed by atoms with van der Waals surface area (Å²) < 4.78 is 13.6. The molecule has 1 N–H and O–H groups in total. The molecule has 0 bridgehead atoms. The highest BCUT2D eigenvalue weighted by atomic mass is 19.1. The van der Waals surface area contributed by atoms with Crippen LogP contribution in [0.15, 0.2) is 12.3 Å². The maximum Gasteiger partial charge on any atom is 0.226 e. The van der Waals surface area contributed by atoms with Crippen LogP contribution in [0.3, 0.4) is 0 Å². The topological polar surface area (TPSA) is 44.3 Å². The quantitative estimate of drug-likeness (QED) is 0.855. The zero-order valence-corrected chi connectivity index (χ0v) is 11.1. The summed E-state index contributed by atoms with van der Waals surface area (Å²) in [5, 5.41) is 3.11. The van der Waals surface area contributed by atoms with Crippen molar-refractivity contribution in [3.05, 3.63) is 12.3 Å². The molecule has 0 radical (unpaired) electrons. The second-order valence-corrected chi connectivity index (χ2v) is 4.81. The molecule has 0 aromatic carbocycles. The molecule has 2 heterocycles. The molecule has 2 rings (SSSR count). The minimum atomic E-state index is -0.777. The third-order valence-electron chi connectivity index (χ3n) is 3.13. The fourth-order valence-electron chi connectivity index (χ4n) is 2.28. The lowest BCUT2D eigenvalue weighted by molar-refractivity contribution is 0.355. The van der Waals surface area contributed by atoms with Crippen LogP contribution in [0.1, 0.15) is 6.42 Å². The van der Waals surface area contributed by atoms with Crippen molar-refractivity contribution >= 4 is 11.8 Å². The van der Waals surface area contributed by atoms with Crippen LogP contribution in [-0.4, -0.2) is 56.4 Å². The van der Waals surface area contributed by atoms with E-state index in [1.165, 1.54) is 0 Å². The molecule has 1 aliphatic heterocycles. The van der Waals surface area contributed by atoms with Gasteiger partial charge in [0.05, 0.1) is 6.54 Å². The Morgan fingerprint density at radius 1 is 1.56 bits per heavy atom. The van der Waals surface area contributed by atoms with Crippen LogP contribution < -0.4 is 15.1 Å². The molecule has 5 nitrogen and oxygen atoms in total. The fourth-order valence-corrected chi connectivity index (χ4v) is 2.28. The molecule has 0 saturated carbocycles. The highest BCUT2D eigenvalue weighted by molar-refractivity contribution is 5.45. The third-order valence-corrected chi connectivity index (χ3v) is 3.13. The van der Waals surface area contributed by atoms with E-state index >= 15 is 0 Å². The Bertz CT molecular complexity index is 398. The van der Waals surface area contributed by atoms with E-state index in [4.69, 9.17) is 0 Å². The Labute approximate surface area is 107 Å². The number of alkyl halides is 1. The lowest BCUT2D eigenvalue weighted by Crippen LogP contribution is -2.37. The average Bonchev–Trinajstić information content (AvgIpc) is 2.71. The smallest absolute Gasteiger partial charge is 0.226 e. The Balaban J connectivity index is 2.21. The van der Waals surface area contributed by atoms with Gasteiger partial charge in [-0.3, -0.25) is 0 Å². The van der Waals surface area contributed by atoms with Crippen LogP contribution in [0.25, 0.3) is 0 Å². The Hall–Kier alpha value is -1.43. The molecule has 2 atom stereocenters. The molecular weight excluding hydrogens is 233 g/mol. The first-order valence-corrected chi connectivity index (χ1v) is 6.17. The third kappa shape index (κ3) is 2.69. The normalized spacial score (nSPS) is 23.4. The molecule has 18 heavy (non-hydrogen) atoms. The molecule has 0 amide bonds. The van der Waals surface area contributed by atoms with Crippen molar-refractivity contribution in [2.45, 2.75) is 18.6 Å². The zero-order valence-electron chi connectivity index (χ0n) is 11.1. The van der Waals surface area contributed by atoms with Crippen LogP contribution in [0.4, 0.5) is 16.2 Å². The van der Waals surface area contributed by atoms with E-state index in [9.17, 15) is 4.39 Å². The van der Waals surface area contributed by atoms with E-state index in [0.717, 1.165) is 12.4 Å². The van der Waals surface area contributed by atoms with E-state index < -0.39 is 6.17 Å². The maximum atomic E-state index is 13.6. The summed E-state index contributed by atoms with van der Waals surface area (Å²) in [6.45, 7) is 1.18. The number of nitrogens with zero attached hydrogens (tertiary/aromatic N) is 4. The summed E-state index contributed by atoms with van der Waals surface area (Å²) in [4.78, 5) is 12.5. The molecule has 1 aromatic rings. The first kappa shape index (κ1) is 13.0. The first-order chi connectivity index (χ1) is 8.61. The van der Waals surface area contributed by atoms with Crippen molar-refractivity contribution in [1.82, 2.24) is 15.3 Å². The van der Waals surface area contributed by atoms with Crippen molar-refractivity contribution in [3.8, 4) is 0 Å². The van der Waals surface area contributed by atoms with Gasteiger partial charge < -0.3 is 15.1 Å². The highest BCUT2D eigenvalue weighted by Gasteiger charge is 2.32. The minimum Gasteiger partial charge on any atom is -0.349 e. The van der Waals surface area contributed by atoms with Gasteiger partial charge in [-0.25, -0.2) is 9.37 Å². The Morgan fingerprint density at radius 3 is 3.00 bits per heavy atom. The van der Waals surface area contributed by atoms with E-state index in [2.05, 4.69) is 15.3 Å². The second kappa shape index (κ2) is 5.48. The molecule has 1 saturated heterocycles. The van der Waals surface area contributed by atoms with Crippen LogP contribution in [0.2, 0.25) is 0 Å². The summed E-state index contributed by atoms with van der Waals surface area (Å²) >= 11 is 0. The summed E-state index contributed by atoms with van der Waals surface area (Å²) in [5.41, 5.74) is 0. The van der Waals surface area contributed by atoms with E-state index in [0.29, 0.717) is 18.9 Å². The molecule has 1 fully saturated rings. The van der Waals surface area contributed by atoms with Gasteiger partial charge in [-0.1, -0.05) is 0 Å². The second-order valence-electron chi connectivity index (χ2n) is 4.81. The van der Waals surface area contributed by atoms with Gasteiger partial charge in [-0.2, -0.15) is 4.98 Å². The molecule has 6 heteroatoms. The van der Waals surface area contributed by atoms with Gasteiger partial charge in [-0.15, -0.1) is 0 Å². The first-order valence-electron chi connectivity index (χ1n) is 6.17. The van der Waals surface area contributed by atoms with Gasteiger partial charge >= 0.3 is 0 Å². The summed E-state index contributed by atoms with van der Waals surface area (Å²) in [7, 11) is 5.67. The SMILES string of the molecule is CNC[C@H]1C[C@@H](F)CN1c1ccnc(N(C)C)n1. The van der Waals surface area contributed by atoms with Gasteiger partial charge in [-0.05, 0) is 13.1 Å². The fraction of sp³-hybridized carbons (Fsp3) is 0.667. The minimum absolute atomic E-state index is 0.162. The van der Waals surface area contributed by atoms with Gasteiger partial charge in [0.25, 0.3) is 0 Å². The Morgan fingerprint density at radius 2 is 2.33 bits per heavy atom. The van der Waals surface area contributed by atoms with E-state index in [1.54, 1.807) is 6.20 Å². The zero-order chi connectivity index (χ0) is 13.1. The molecule has 0 spiro atoms. The predicted molar refractivity (Wildman–Crippen MR) is 70.9 cm³/mol. The summed E-state index contributed by atoms with van der Waals surface area (Å²) in [6.07, 6.45) is 1.50. The lowest BCUT2D eigenvalue weighted by Gasteiger charge is -2.25. The van der Waals surface area contributed by atoms with Gasteiger partial charge in [0, 0.05) is 39.3 Å².